The quantitative estimate of drug-likeness (QED) is 0.904. The Kier molecular flexibility index (Phi) is 4.97. The highest BCUT2D eigenvalue weighted by Crippen LogP contribution is 2.31. The predicted octanol–water partition coefficient (Wildman–Crippen LogP) is 2.08. The first-order valence-corrected chi connectivity index (χ1v) is 8.78. The van der Waals surface area contributed by atoms with Gasteiger partial charge in [0.05, 0.1) is 17.9 Å². The predicted molar refractivity (Wildman–Crippen MR) is 98.2 cm³/mol. The summed E-state index contributed by atoms with van der Waals surface area (Å²) in [6.45, 7) is 8.18. The van der Waals surface area contributed by atoms with Gasteiger partial charge < -0.3 is 15.0 Å². The molecule has 0 saturated carbocycles. The molecule has 1 aromatic heterocycles. The molecule has 1 N–H and O–H groups in total. The normalized spacial score (nSPS) is 16.3. The summed E-state index contributed by atoms with van der Waals surface area (Å²) in [7, 11) is 1.98. The van der Waals surface area contributed by atoms with Crippen LogP contribution in [0.2, 0.25) is 0 Å². The lowest BCUT2D eigenvalue weighted by molar-refractivity contribution is -0.127. The van der Waals surface area contributed by atoms with Crippen LogP contribution >= 0.6 is 0 Å². The van der Waals surface area contributed by atoms with Crippen molar-refractivity contribution < 1.29 is 9.53 Å². The van der Waals surface area contributed by atoms with E-state index in [2.05, 4.69) is 29.2 Å². The van der Waals surface area contributed by atoms with E-state index in [0.717, 1.165) is 30.1 Å². The number of carbonyl (C=O) groups excluding carboxylic acids is 1. The van der Waals surface area contributed by atoms with E-state index in [9.17, 15) is 4.79 Å². The molecule has 0 bridgehead atoms. The van der Waals surface area contributed by atoms with Gasteiger partial charge >= 0.3 is 0 Å². The molecule has 1 atom stereocenters. The maximum Gasteiger partial charge on any atom is 0.262 e. The highest BCUT2D eigenvalue weighted by Gasteiger charge is 2.28. The number of carbonyl (C=O) groups is 1. The summed E-state index contributed by atoms with van der Waals surface area (Å²) in [5.41, 5.74) is 4.45. The van der Waals surface area contributed by atoms with Crippen LogP contribution in [0.25, 0.3) is 0 Å². The molecule has 0 radical (unpaired) electrons. The van der Waals surface area contributed by atoms with Gasteiger partial charge in [-0.2, -0.15) is 5.10 Å². The lowest BCUT2D eigenvalue weighted by atomic mass is 10.1. The fourth-order valence-corrected chi connectivity index (χ4v) is 3.37. The summed E-state index contributed by atoms with van der Waals surface area (Å²) in [6, 6.07) is 7.79. The Bertz CT molecular complexity index is 769. The Morgan fingerprint density at radius 3 is 2.84 bits per heavy atom. The maximum atomic E-state index is 12.5. The number of nitrogens with one attached hydrogen (secondary N) is 1. The first-order chi connectivity index (χ1) is 12.0. The van der Waals surface area contributed by atoms with Crippen molar-refractivity contribution in [3.63, 3.8) is 0 Å². The monoisotopic (exact) mass is 342 g/mol. The van der Waals surface area contributed by atoms with Crippen molar-refractivity contribution in [1.29, 1.82) is 0 Å². The van der Waals surface area contributed by atoms with Crippen molar-refractivity contribution in [1.82, 2.24) is 15.1 Å². The molecule has 25 heavy (non-hydrogen) atoms. The zero-order valence-corrected chi connectivity index (χ0v) is 15.4. The zero-order valence-electron chi connectivity index (χ0n) is 15.4. The van der Waals surface area contributed by atoms with Crippen LogP contribution in [-0.2, 0) is 17.8 Å². The van der Waals surface area contributed by atoms with E-state index in [1.165, 1.54) is 11.3 Å². The third kappa shape index (κ3) is 3.48. The number of aryl methyl sites for hydroxylation is 2. The maximum absolute atomic E-state index is 12.5. The van der Waals surface area contributed by atoms with Gasteiger partial charge in [0.15, 0.2) is 6.10 Å². The van der Waals surface area contributed by atoms with Crippen LogP contribution in [0.5, 0.6) is 5.75 Å². The lowest BCUT2D eigenvalue weighted by Gasteiger charge is -2.32. The number of amides is 1. The summed E-state index contributed by atoms with van der Waals surface area (Å²) in [5, 5.41) is 7.53. The van der Waals surface area contributed by atoms with E-state index in [-0.39, 0.29) is 5.91 Å². The van der Waals surface area contributed by atoms with Crippen LogP contribution in [0, 0.1) is 13.8 Å². The van der Waals surface area contributed by atoms with Gasteiger partial charge in [0.2, 0.25) is 0 Å². The number of ether oxygens (including phenoxy) is 1. The van der Waals surface area contributed by atoms with Gasteiger partial charge in [0, 0.05) is 25.8 Å². The summed E-state index contributed by atoms with van der Waals surface area (Å²) in [4.78, 5) is 14.5. The summed E-state index contributed by atoms with van der Waals surface area (Å²) in [6.07, 6.45) is 0.295. The third-order valence-corrected chi connectivity index (χ3v) is 4.78. The highest BCUT2D eigenvalue weighted by molar-refractivity contribution is 5.83. The molecule has 134 valence electrons. The molecule has 0 aliphatic carbocycles. The molecule has 1 aromatic carbocycles. The SMILES string of the molecule is CCn1nc(C)c(CCNC(=O)[C@H]2CN(C)c3ccccc3O2)c1C. The molecule has 2 heterocycles. The molecule has 0 saturated heterocycles. The molecule has 3 rings (SSSR count). The number of aromatic nitrogens is 2. The highest BCUT2D eigenvalue weighted by atomic mass is 16.5. The first kappa shape index (κ1) is 17.3. The average Bonchev–Trinajstić information content (AvgIpc) is 2.89. The molecule has 0 spiro atoms. The third-order valence-electron chi connectivity index (χ3n) is 4.78. The van der Waals surface area contributed by atoms with E-state index in [1.54, 1.807) is 0 Å². The first-order valence-electron chi connectivity index (χ1n) is 8.78. The Labute approximate surface area is 148 Å². The summed E-state index contributed by atoms with van der Waals surface area (Å²) >= 11 is 0. The van der Waals surface area contributed by atoms with E-state index in [0.29, 0.717) is 13.1 Å². The minimum absolute atomic E-state index is 0.0699. The topological polar surface area (TPSA) is 59.4 Å². The van der Waals surface area contributed by atoms with Crippen LogP contribution < -0.4 is 15.0 Å². The minimum Gasteiger partial charge on any atom is -0.477 e. The minimum atomic E-state index is -0.486. The number of nitrogens with zero attached hydrogens (tertiary/aromatic N) is 3. The Morgan fingerprint density at radius 1 is 1.36 bits per heavy atom. The zero-order chi connectivity index (χ0) is 18.0. The van der Waals surface area contributed by atoms with Crippen molar-refractivity contribution in [3.05, 3.63) is 41.2 Å². The lowest BCUT2D eigenvalue weighted by Crippen LogP contribution is -2.48. The molecule has 1 aliphatic rings. The van der Waals surface area contributed by atoms with E-state index < -0.39 is 6.10 Å². The van der Waals surface area contributed by atoms with E-state index in [4.69, 9.17) is 4.74 Å². The number of para-hydroxylation sites is 2. The molecule has 0 fully saturated rings. The second kappa shape index (κ2) is 7.17. The van der Waals surface area contributed by atoms with Gasteiger partial charge in [-0.05, 0) is 44.9 Å². The van der Waals surface area contributed by atoms with Crippen LogP contribution in [0.3, 0.4) is 0 Å². The number of benzene rings is 1. The van der Waals surface area contributed by atoms with Gasteiger partial charge in [-0.1, -0.05) is 12.1 Å². The van der Waals surface area contributed by atoms with Crippen molar-refractivity contribution in [3.8, 4) is 5.75 Å². The van der Waals surface area contributed by atoms with Crippen molar-refractivity contribution in [2.75, 3.05) is 25.0 Å². The molecule has 1 aliphatic heterocycles. The van der Waals surface area contributed by atoms with Gasteiger partial charge in [0.25, 0.3) is 5.91 Å². The number of anilines is 1. The molecular formula is C19H26N4O2. The van der Waals surface area contributed by atoms with Crippen molar-refractivity contribution in [2.24, 2.45) is 0 Å². The van der Waals surface area contributed by atoms with Crippen LogP contribution in [0.15, 0.2) is 24.3 Å². The molecule has 6 nitrogen and oxygen atoms in total. The van der Waals surface area contributed by atoms with Gasteiger partial charge in [-0.15, -0.1) is 0 Å². The van der Waals surface area contributed by atoms with Crippen LogP contribution in [0.4, 0.5) is 5.69 Å². The molecule has 2 aromatic rings. The van der Waals surface area contributed by atoms with Crippen molar-refractivity contribution >= 4 is 11.6 Å². The van der Waals surface area contributed by atoms with Gasteiger partial charge in [0.1, 0.15) is 5.75 Å². The summed E-state index contributed by atoms with van der Waals surface area (Å²) < 4.78 is 7.87. The van der Waals surface area contributed by atoms with Crippen molar-refractivity contribution in [2.45, 2.75) is 39.8 Å². The smallest absolute Gasteiger partial charge is 0.262 e. The van der Waals surface area contributed by atoms with E-state index >= 15 is 0 Å². The standard InChI is InChI=1S/C19H26N4O2/c1-5-23-14(3)15(13(2)21-23)10-11-20-19(24)18-12-22(4)16-8-6-7-9-17(16)25-18/h6-9,18H,5,10-12H2,1-4H3,(H,20,24)/t18-/m1/s1. The number of hydrogen-bond acceptors (Lipinski definition) is 4. The Morgan fingerprint density at radius 2 is 2.12 bits per heavy atom. The number of hydrogen-bond donors (Lipinski definition) is 1. The Hall–Kier alpha value is -2.50. The van der Waals surface area contributed by atoms with Gasteiger partial charge in [-0.3, -0.25) is 9.48 Å². The second-order valence-electron chi connectivity index (χ2n) is 6.46. The van der Waals surface area contributed by atoms with Crippen LogP contribution in [0.1, 0.15) is 23.9 Å². The number of rotatable bonds is 5. The molecule has 1 amide bonds. The van der Waals surface area contributed by atoms with Gasteiger partial charge in [-0.25, -0.2) is 0 Å². The molecule has 0 unspecified atom stereocenters. The van der Waals surface area contributed by atoms with Crippen LogP contribution in [-0.4, -0.2) is 41.9 Å². The molecular weight excluding hydrogens is 316 g/mol. The largest absolute Gasteiger partial charge is 0.477 e. The Balaban J connectivity index is 1.58. The second-order valence-corrected chi connectivity index (χ2v) is 6.46. The van der Waals surface area contributed by atoms with E-state index in [1.807, 2.05) is 42.9 Å². The number of likely N-dealkylation sites (N-methyl/N-ethyl adjacent to an activating group) is 1. The molecule has 6 heteroatoms. The summed E-state index contributed by atoms with van der Waals surface area (Å²) in [5.74, 6) is 0.687. The number of fused-ring (bicyclic) bond motifs is 1. The fraction of sp³-hybridized carbons (Fsp3) is 0.474. The average molecular weight is 342 g/mol. The fourth-order valence-electron chi connectivity index (χ4n) is 3.37.